The molecule has 48 heavy (non-hydrogen) atoms. The van der Waals surface area contributed by atoms with Crippen LogP contribution in [0, 0.1) is 6.92 Å². The Bertz CT molecular complexity index is 2050. The second kappa shape index (κ2) is 12.8. The minimum absolute atomic E-state index is 0.0239. The summed E-state index contributed by atoms with van der Waals surface area (Å²) in [6, 6.07) is 3.08. The Hall–Kier alpha value is -5.19. The molecule has 0 saturated carbocycles. The highest BCUT2D eigenvalue weighted by Gasteiger charge is 2.32. The van der Waals surface area contributed by atoms with Gasteiger partial charge in [0.15, 0.2) is 5.82 Å². The molecular formula is C31H34F3N9O5. The molecule has 2 N–H and O–H groups in total. The predicted molar refractivity (Wildman–Crippen MR) is 169 cm³/mol. The number of carbonyl (C=O) groups is 2. The highest BCUT2D eigenvalue weighted by Crippen LogP contribution is 2.32. The van der Waals surface area contributed by atoms with Crippen LogP contribution >= 0.6 is 0 Å². The number of hydrogen-bond donors (Lipinski definition) is 2. The summed E-state index contributed by atoms with van der Waals surface area (Å²) < 4.78 is 49.2. The molecule has 0 spiro atoms. The normalized spacial score (nSPS) is 15.6. The number of hydrogen-bond acceptors (Lipinski definition) is 8. The van der Waals surface area contributed by atoms with Gasteiger partial charge in [-0.05, 0) is 49.1 Å². The van der Waals surface area contributed by atoms with Crippen LogP contribution < -0.4 is 21.3 Å². The third kappa shape index (κ3) is 6.24. The number of aromatic amines is 1. The smallest absolute Gasteiger partial charge is 0.377 e. The molecule has 4 aromatic rings. The summed E-state index contributed by atoms with van der Waals surface area (Å²) in [5.74, 6) is -0.492. The van der Waals surface area contributed by atoms with Crippen molar-refractivity contribution in [3.8, 4) is 0 Å². The van der Waals surface area contributed by atoms with Crippen LogP contribution in [-0.2, 0) is 35.7 Å². The fraction of sp³-hybridized carbons (Fsp3) is 0.419. The van der Waals surface area contributed by atoms with E-state index in [2.05, 4.69) is 20.5 Å². The van der Waals surface area contributed by atoms with Crippen molar-refractivity contribution in [2.45, 2.75) is 39.4 Å². The van der Waals surface area contributed by atoms with Crippen LogP contribution in [0.5, 0.6) is 0 Å². The Labute approximate surface area is 271 Å². The van der Waals surface area contributed by atoms with Gasteiger partial charge in [0.05, 0.1) is 24.5 Å². The number of nitrogens with zero attached hydrogens (tertiary/aromatic N) is 7. The lowest BCUT2D eigenvalue weighted by Gasteiger charge is -2.36. The van der Waals surface area contributed by atoms with Crippen molar-refractivity contribution >= 4 is 34.5 Å². The Balaban J connectivity index is 1.35. The van der Waals surface area contributed by atoms with Crippen molar-refractivity contribution < 1.29 is 27.5 Å². The monoisotopic (exact) mass is 669 g/mol. The molecule has 0 bridgehead atoms. The highest BCUT2D eigenvalue weighted by atomic mass is 19.4. The fourth-order valence-corrected chi connectivity index (χ4v) is 6.07. The summed E-state index contributed by atoms with van der Waals surface area (Å²) in [6.07, 6.45) is -0.392. The number of fused-ring (bicyclic) bond motifs is 1. The van der Waals surface area contributed by atoms with Gasteiger partial charge in [-0.25, -0.2) is 0 Å². The number of alkyl halides is 3. The Kier molecular flexibility index (Phi) is 8.72. The van der Waals surface area contributed by atoms with Crippen molar-refractivity contribution in [3.05, 3.63) is 79.4 Å². The molecule has 1 aromatic carbocycles. The maximum Gasteiger partial charge on any atom is 0.416 e. The van der Waals surface area contributed by atoms with Crippen LogP contribution in [0.3, 0.4) is 0 Å². The molecule has 2 aliphatic rings. The van der Waals surface area contributed by atoms with Crippen molar-refractivity contribution in [1.29, 1.82) is 0 Å². The Morgan fingerprint density at radius 2 is 1.88 bits per heavy atom. The lowest BCUT2D eigenvalue weighted by atomic mass is 10.1. The van der Waals surface area contributed by atoms with Crippen LogP contribution in [-0.4, -0.2) is 85.1 Å². The third-order valence-electron chi connectivity index (χ3n) is 8.50. The average molecular weight is 670 g/mol. The van der Waals surface area contributed by atoms with E-state index in [0.717, 1.165) is 22.2 Å². The average Bonchev–Trinajstić information content (AvgIpc) is 3.66. The number of ether oxygens (including phenoxy) is 1. The van der Waals surface area contributed by atoms with E-state index >= 15 is 0 Å². The Morgan fingerprint density at radius 3 is 2.48 bits per heavy atom. The van der Waals surface area contributed by atoms with E-state index in [0.29, 0.717) is 43.3 Å². The lowest BCUT2D eigenvalue weighted by Crippen LogP contribution is -2.51. The van der Waals surface area contributed by atoms with E-state index < -0.39 is 34.7 Å². The van der Waals surface area contributed by atoms with Gasteiger partial charge >= 0.3 is 6.18 Å². The van der Waals surface area contributed by atoms with Gasteiger partial charge < -0.3 is 24.4 Å². The molecule has 14 nitrogen and oxygen atoms in total. The summed E-state index contributed by atoms with van der Waals surface area (Å²) >= 11 is 0. The number of halogens is 3. The van der Waals surface area contributed by atoms with E-state index in [9.17, 15) is 32.3 Å². The van der Waals surface area contributed by atoms with E-state index in [1.54, 1.807) is 16.5 Å². The minimum atomic E-state index is -4.52. The molecule has 0 unspecified atom stereocenters. The quantitative estimate of drug-likeness (QED) is 0.304. The molecule has 2 aliphatic heterocycles. The van der Waals surface area contributed by atoms with Gasteiger partial charge in [0.1, 0.15) is 17.8 Å². The molecule has 0 radical (unpaired) electrons. The third-order valence-corrected chi connectivity index (χ3v) is 8.50. The number of nitrogens with one attached hydrogen (secondary N) is 2. The number of rotatable bonds is 7. The van der Waals surface area contributed by atoms with E-state index in [1.165, 1.54) is 23.9 Å². The maximum absolute atomic E-state index is 14.1. The first-order valence-corrected chi connectivity index (χ1v) is 15.4. The SMILES string of the molecule is CCc1c(N2CCN(C(=O)c3cn(C)[nH]c3=O)CC2)c(=O)n2nc(C3=CCOCC3)nc2n1CC(=O)Nc1ccc(C(F)(F)F)cc1C. The van der Waals surface area contributed by atoms with Crippen LogP contribution in [0.25, 0.3) is 11.4 Å². The molecule has 3 aromatic heterocycles. The van der Waals surface area contributed by atoms with Gasteiger partial charge in [0, 0.05) is 45.1 Å². The van der Waals surface area contributed by atoms with Crippen molar-refractivity contribution in [2.75, 3.05) is 49.6 Å². The number of aromatic nitrogens is 6. The molecule has 5 heterocycles. The summed E-state index contributed by atoms with van der Waals surface area (Å²) in [5.41, 5.74) is 0.321. The molecule has 6 rings (SSSR count). The molecule has 1 fully saturated rings. The van der Waals surface area contributed by atoms with E-state index in [1.807, 2.05) is 17.9 Å². The lowest BCUT2D eigenvalue weighted by molar-refractivity contribution is -0.137. The van der Waals surface area contributed by atoms with Gasteiger partial charge in [0.2, 0.25) is 11.7 Å². The predicted octanol–water partition coefficient (Wildman–Crippen LogP) is 2.21. The van der Waals surface area contributed by atoms with Gasteiger partial charge in [-0.15, -0.1) is 5.10 Å². The molecule has 254 valence electrons. The number of H-pyrrole nitrogens is 1. The van der Waals surface area contributed by atoms with Gasteiger partial charge in [0.25, 0.3) is 17.0 Å². The minimum Gasteiger partial charge on any atom is -0.377 e. The maximum atomic E-state index is 14.1. The molecule has 1 saturated heterocycles. The number of benzene rings is 1. The molecule has 0 aliphatic carbocycles. The standard InChI is InChI=1S/C31H34F3N9O5/c1-4-23-25(40-9-11-41(12-10-40)28(46)21-16-39(3)38-27(21)45)29(47)43-30(36-26(37-43)19-7-13-48-14-8-19)42(23)17-24(44)35-22-6-5-20(15-18(22)2)31(32,33)34/h5-7,15-16H,4,8-14,17H2,1-3H3,(H,35,44)(H,38,45). The first kappa shape index (κ1) is 32.7. The summed E-state index contributed by atoms with van der Waals surface area (Å²) in [7, 11) is 1.61. The molecule has 2 amide bonds. The highest BCUT2D eigenvalue weighted by molar-refractivity contribution is 5.94. The topological polar surface area (TPSA) is 152 Å². The van der Waals surface area contributed by atoms with Gasteiger partial charge in [-0.1, -0.05) is 13.0 Å². The molecular weight excluding hydrogens is 635 g/mol. The largest absolute Gasteiger partial charge is 0.416 e. The first-order valence-electron chi connectivity index (χ1n) is 15.4. The van der Waals surface area contributed by atoms with E-state index in [-0.39, 0.29) is 55.3 Å². The second-order valence-corrected chi connectivity index (χ2v) is 11.7. The number of amides is 2. The van der Waals surface area contributed by atoms with Gasteiger partial charge in [-0.3, -0.25) is 29.0 Å². The zero-order chi connectivity index (χ0) is 34.3. The molecule has 0 atom stereocenters. The fourth-order valence-electron chi connectivity index (χ4n) is 6.07. The summed E-state index contributed by atoms with van der Waals surface area (Å²) in [6.45, 7) is 4.84. The van der Waals surface area contributed by atoms with Crippen LogP contribution in [0.4, 0.5) is 24.5 Å². The number of carbonyl (C=O) groups excluding carboxylic acids is 2. The Morgan fingerprint density at radius 1 is 1.12 bits per heavy atom. The van der Waals surface area contributed by atoms with Crippen molar-refractivity contribution in [1.82, 2.24) is 33.8 Å². The zero-order valence-electron chi connectivity index (χ0n) is 26.6. The molecule has 17 heteroatoms. The summed E-state index contributed by atoms with van der Waals surface area (Å²) in [4.78, 5) is 60.9. The number of piperazine rings is 1. The van der Waals surface area contributed by atoms with Crippen LogP contribution in [0.15, 0.2) is 40.1 Å². The van der Waals surface area contributed by atoms with Crippen molar-refractivity contribution in [2.24, 2.45) is 7.05 Å². The number of aryl methyl sites for hydroxylation is 2. The van der Waals surface area contributed by atoms with E-state index in [4.69, 9.17) is 4.74 Å². The summed E-state index contributed by atoms with van der Waals surface area (Å²) in [5, 5.41) is 9.77. The van der Waals surface area contributed by atoms with Crippen LogP contribution in [0.1, 0.15) is 46.3 Å². The van der Waals surface area contributed by atoms with Crippen LogP contribution in [0.2, 0.25) is 0 Å². The van der Waals surface area contributed by atoms with Gasteiger partial charge in [-0.2, -0.15) is 22.7 Å². The van der Waals surface area contributed by atoms with Crippen molar-refractivity contribution in [3.63, 3.8) is 0 Å². The number of anilines is 2. The zero-order valence-corrected chi connectivity index (χ0v) is 26.6. The first-order chi connectivity index (χ1) is 22.8. The second-order valence-electron chi connectivity index (χ2n) is 11.7.